The molecule has 4 atom stereocenters. The van der Waals surface area contributed by atoms with Crippen LogP contribution in [0.1, 0.15) is 31.9 Å². The Balaban J connectivity index is 1.72. The zero-order chi connectivity index (χ0) is 25.5. The van der Waals surface area contributed by atoms with Crippen LogP contribution in [-0.4, -0.2) is 51.5 Å². The fourth-order valence-electron chi connectivity index (χ4n) is 3.60. The maximum absolute atomic E-state index is 11.8. The summed E-state index contributed by atoms with van der Waals surface area (Å²) < 4.78 is 16.0. The number of ether oxygens (including phenoxy) is 3. The standard InChI is InChI=1S/C24H25NO8S2/c1-14(26)31-21-13-34-24(23(33-16(3)28)22(21)32-15(2)27)35-20-10-6-18(7-11-20)12-17-4-8-19(9-5-17)25(29)30/h4-11,21-24H,12-13H2,1-3H3/t21-,22+,23-,24+/m1/s1. The molecule has 1 aliphatic rings. The van der Waals surface area contributed by atoms with Gasteiger partial charge in [-0.1, -0.05) is 24.3 Å². The van der Waals surface area contributed by atoms with Crippen molar-refractivity contribution in [1.29, 1.82) is 0 Å². The Kier molecular flexibility index (Phi) is 9.16. The Bertz CT molecular complexity index is 1070. The van der Waals surface area contributed by atoms with Gasteiger partial charge in [0.15, 0.2) is 18.3 Å². The summed E-state index contributed by atoms with van der Waals surface area (Å²) in [6.07, 6.45) is -1.84. The molecule has 186 valence electrons. The first kappa shape index (κ1) is 26.6. The summed E-state index contributed by atoms with van der Waals surface area (Å²) in [5, 5.41) is 10.8. The molecule has 1 heterocycles. The van der Waals surface area contributed by atoms with Crippen molar-refractivity contribution in [3.63, 3.8) is 0 Å². The molecular formula is C24H25NO8S2. The van der Waals surface area contributed by atoms with Crippen LogP contribution in [0.15, 0.2) is 53.4 Å². The Labute approximate surface area is 211 Å². The van der Waals surface area contributed by atoms with E-state index in [1.807, 2.05) is 24.3 Å². The molecule has 0 radical (unpaired) electrons. The van der Waals surface area contributed by atoms with E-state index in [9.17, 15) is 24.5 Å². The lowest BCUT2D eigenvalue weighted by atomic mass is 10.1. The van der Waals surface area contributed by atoms with Crippen LogP contribution >= 0.6 is 23.5 Å². The Morgan fingerprint density at radius 1 is 0.886 bits per heavy atom. The first-order valence-electron chi connectivity index (χ1n) is 10.7. The van der Waals surface area contributed by atoms with Crippen molar-refractivity contribution in [3.05, 3.63) is 69.8 Å². The van der Waals surface area contributed by atoms with E-state index in [1.165, 1.54) is 56.4 Å². The maximum Gasteiger partial charge on any atom is 0.303 e. The third-order valence-electron chi connectivity index (χ3n) is 5.04. The van der Waals surface area contributed by atoms with Crippen molar-refractivity contribution in [2.45, 2.75) is 55.0 Å². The number of nitrogens with zero attached hydrogens (tertiary/aromatic N) is 1. The van der Waals surface area contributed by atoms with E-state index in [0.29, 0.717) is 12.2 Å². The van der Waals surface area contributed by atoms with E-state index in [-0.39, 0.29) is 10.3 Å². The fraction of sp³-hybridized carbons (Fsp3) is 0.375. The number of nitro groups is 1. The SMILES string of the molecule is CC(=O)O[C@@H]1[C@@H](OC(C)=O)[C@H](Sc2ccc(Cc3ccc([N+](=O)[O-])cc3)cc2)SC[C@H]1OC(C)=O. The zero-order valence-electron chi connectivity index (χ0n) is 19.4. The van der Waals surface area contributed by atoms with E-state index in [1.54, 1.807) is 12.1 Å². The van der Waals surface area contributed by atoms with Crippen LogP contribution < -0.4 is 0 Å². The molecule has 0 amide bonds. The minimum atomic E-state index is -0.916. The highest BCUT2D eigenvalue weighted by atomic mass is 32.2. The highest BCUT2D eigenvalue weighted by Gasteiger charge is 2.46. The Hall–Kier alpha value is -3.05. The number of carbonyl (C=O) groups is 3. The lowest BCUT2D eigenvalue weighted by molar-refractivity contribution is -0.384. The van der Waals surface area contributed by atoms with Gasteiger partial charge in [-0.2, -0.15) is 0 Å². The van der Waals surface area contributed by atoms with Crippen LogP contribution in [0.5, 0.6) is 0 Å². The van der Waals surface area contributed by atoms with Gasteiger partial charge in [0.25, 0.3) is 5.69 Å². The molecular weight excluding hydrogens is 494 g/mol. The van der Waals surface area contributed by atoms with Crippen molar-refractivity contribution >= 4 is 47.1 Å². The molecule has 1 fully saturated rings. The third kappa shape index (κ3) is 7.72. The molecule has 9 nitrogen and oxygen atoms in total. The predicted octanol–water partition coefficient (Wildman–Crippen LogP) is 4.15. The minimum Gasteiger partial charge on any atom is -0.458 e. The lowest BCUT2D eigenvalue weighted by Gasteiger charge is -2.39. The van der Waals surface area contributed by atoms with Crippen LogP contribution in [0.4, 0.5) is 5.69 Å². The van der Waals surface area contributed by atoms with E-state index < -0.39 is 41.1 Å². The average Bonchev–Trinajstić information content (AvgIpc) is 2.78. The largest absolute Gasteiger partial charge is 0.458 e. The number of non-ortho nitro benzene ring substituents is 1. The van der Waals surface area contributed by atoms with Crippen molar-refractivity contribution in [2.24, 2.45) is 0 Å². The van der Waals surface area contributed by atoms with Crippen LogP contribution in [-0.2, 0) is 35.0 Å². The number of carbonyl (C=O) groups excluding carboxylic acids is 3. The summed E-state index contributed by atoms with van der Waals surface area (Å²) in [4.78, 5) is 46.4. The molecule has 11 heteroatoms. The van der Waals surface area contributed by atoms with Crippen molar-refractivity contribution in [3.8, 4) is 0 Å². The zero-order valence-corrected chi connectivity index (χ0v) is 21.0. The number of nitro benzene ring substituents is 1. The summed E-state index contributed by atoms with van der Waals surface area (Å²) in [5.74, 6) is -1.22. The smallest absolute Gasteiger partial charge is 0.303 e. The number of hydrogen-bond donors (Lipinski definition) is 0. The van der Waals surface area contributed by atoms with Gasteiger partial charge in [-0.05, 0) is 29.7 Å². The van der Waals surface area contributed by atoms with E-state index in [2.05, 4.69) is 0 Å². The van der Waals surface area contributed by atoms with Crippen molar-refractivity contribution < 1.29 is 33.5 Å². The van der Waals surface area contributed by atoms with Gasteiger partial charge < -0.3 is 14.2 Å². The second-order valence-corrected chi connectivity index (χ2v) is 10.5. The lowest BCUT2D eigenvalue weighted by Crippen LogP contribution is -2.53. The topological polar surface area (TPSA) is 122 Å². The van der Waals surface area contributed by atoms with Crippen molar-refractivity contribution in [1.82, 2.24) is 0 Å². The normalized spacial score (nSPS) is 21.6. The van der Waals surface area contributed by atoms with Gasteiger partial charge in [0, 0.05) is 43.6 Å². The van der Waals surface area contributed by atoms with Crippen LogP contribution in [0.2, 0.25) is 0 Å². The van der Waals surface area contributed by atoms with Gasteiger partial charge in [-0.3, -0.25) is 24.5 Å². The quantitative estimate of drug-likeness (QED) is 0.218. The van der Waals surface area contributed by atoms with Gasteiger partial charge in [0.2, 0.25) is 0 Å². The van der Waals surface area contributed by atoms with Crippen LogP contribution in [0, 0.1) is 10.1 Å². The van der Waals surface area contributed by atoms with Gasteiger partial charge in [-0.15, -0.1) is 23.5 Å². The molecule has 1 aliphatic heterocycles. The number of thioether (sulfide) groups is 2. The van der Waals surface area contributed by atoms with Gasteiger partial charge in [-0.25, -0.2) is 0 Å². The third-order valence-corrected chi connectivity index (χ3v) is 7.90. The highest BCUT2D eigenvalue weighted by Crippen LogP contribution is 2.41. The van der Waals surface area contributed by atoms with Gasteiger partial charge >= 0.3 is 17.9 Å². The molecule has 0 aromatic heterocycles. The van der Waals surface area contributed by atoms with Gasteiger partial charge in [0.05, 0.1) is 9.51 Å². The molecule has 3 rings (SSSR count). The Morgan fingerprint density at radius 2 is 1.40 bits per heavy atom. The molecule has 0 unspecified atom stereocenters. The summed E-state index contributed by atoms with van der Waals surface area (Å²) in [6, 6.07) is 14.2. The van der Waals surface area contributed by atoms with E-state index >= 15 is 0 Å². The second-order valence-electron chi connectivity index (χ2n) is 7.86. The average molecular weight is 520 g/mol. The fourth-order valence-corrected chi connectivity index (χ4v) is 6.39. The molecule has 0 aliphatic carbocycles. The predicted molar refractivity (Wildman–Crippen MR) is 131 cm³/mol. The summed E-state index contributed by atoms with van der Waals surface area (Å²) in [6.45, 7) is 3.80. The summed E-state index contributed by atoms with van der Waals surface area (Å²) in [7, 11) is 0. The molecule has 0 saturated carbocycles. The van der Waals surface area contributed by atoms with Gasteiger partial charge in [0.1, 0.15) is 0 Å². The number of hydrogen-bond acceptors (Lipinski definition) is 10. The summed E-state index contributed by atoms with van der Waals surface area (Å²) in [5.41, 5.74) is 2.04. The Morgan fingerprint density at radius 3 is 1.91 bits per heavy atom. The first-order chi connectivity index (χ1) is 16.6. The molecule has 1 saturated heterocycles. The number of benzene rings is 2. The molecule has 0 spiro atoms. The van der Waals surface area contributed by atoms with E-state index in [4.69, 9.17) is 14.2 Å². The summed E-state index contributed by atoms with van der Waals surface area (Å²) >= 11 is 2.93. The van der Waals surface area contributed by atoms with Crippen molar-refractivity contribution in [2.75, 3.05) is 5.75 Å². The monoisotopic (exact) mass is 519 g/mol. The second kappa shape index (κ2) is 12.1. The molecule has 0 bridgehead atoms. The molecule has 2 aromatic rings. The maximum atomic E-state index is 11.8. The first-order valence-corrected chi connectivity index (χ1v) is 12.7. The molecule has 0 N–H and O–H groups in total. The van der Waals surface area contributed by atoms with E-state index in [0.717, 1.165) is 16.0 Å². The minimum absolute atomic E-state index is 0.0517. The van der Waals surface area contributed by atoms with Crippen LogP contribution in [0.3, 0.4) is 0 Å². The highest BCUT2D eigenvalue weighted by molar-refractivity contribution is 8.17. The number of esters is 3. The molecule has 2 aromatic carbocycles. The number of rotatable bonds is 8. The van der Waals surface area contributed by atoms with Crippen LogP contribution in [0.25, 0.3) is 0 Å². The molecule has 35 heavy (non-hydrogen) atoms.